The van der Waals surface area contributed by atoms with E-state index in [1.54, 1.807) is 0 Å². The summed E-state index contributed by atoms with van der Waals surface area (Å²) in [6.07, 6.45) is 0.724. The Balaban J connectivity index is 2.04. The maximum absolute atomic E-state index is 12.3. The molecule has 0 saturated heterocycles. The first-order valence-corrected chi connectivity index (χ1v) is 9.49. The van der Waals surface area contributed by atoms with E-state index in [1.165, 1.54) is 6.20 Å². The van der Waals surface area contributed by atoms with Crippen molar-refractivity contribution in [3.8, 4) is 11.3 Å². The molecule has 0 fully saturated rings. The van der Waals surface area contributed by atoms with E-state index in [2.05, 4.69) is 31.1 Å². The molecule has 1 heterocycles. The minimum atomic E-state index is -9.35. The minimum absolute atomic E-state index is 0.00167. The van der Waals surface area contributed by atoms with E-state index < -0.39 is 22.4 Å². The maximum Gasteiger partial charge on any atom is 0.285 e. The van der Waals surface area contributed by atoms with Crippen LogP contribution in [0.2, 0.25) is 0 Å². The van der Waals surface area contributed by atoms with Crippen molar-refractivity contribution in [2.75, 3.05) is 5.75 Å². The molecule has 0 saturated carbocycles. The van der Waals surface area contributed by atoms with Crippen molar-refractivity contribution in [1.82, 2.24) is 15.0 Å². The van der Waals surface area contributed by atoms with Crippen LogP contribution in [0.15, 0.2) is 30.5 Å². The molecule has 0 radical (unpaired) electrons. The Bertz CT molecular complexity index is 714. The summed E-state index contributed by atoms with van der Waals surface area (Å²) >= 11 is 0. The Labute approximate surface area is 137 Å². The Morgan fingerprint density at radius 1 is 1.00 bits per heavy atom. The van der Waals surface area contributed by atoms with E-state index in [0.717, 1.165) is 15.8 Å². The number of hydrogen-bond donors (Lipinski definition) is 0. The highest BCUT2D eigenvalue weighted by molar-refractivity contribution is 8.45. The second-order valence-electron chi connectivity index (χ2n) is 6.88. The summed E-state index contributed by atoms with van der Waals surface area (Å²) in [6, 6.07) is 7.60. The number of rotatable bonds is 5. The van der Waals surface area contributed by atoms with Gasteiger partial charge in [-0.25, -0.2) is 0 Å². The first kappa shape index (κ1) is 18.7. The zero-order valence-electron chi connectivity index (χ0n) is 13.6. The number of halogens is 5. The summed E-state index contributed by atoms with van der Waals surface area (Å²) in [6.45, 7) is 5.98. The van der Waals surface area contributed by atoms with Crippen LogP contribution in [-0.2, 0) is 12.0 Å². The van der Waals surface area contributed by atoms with Gasteiger partial charge in [-0.05, 0) is 17.4 Å². The molecule has 2 aromatic rings. The van der Waals surface area contributed by atoms with Crippen LogP contribution in [0.1, 0.15) is 32.8 Å². The number of benzene rings is 1. The van der Waals surface area contributed by atoms with E-state index in [9.17, 15) is 19.4 Å². The Morgan fingerprint density at radius 3 is 2.08 bits per heavy atom. The highest BCUT2D eigenvalue weighted by atomic mass is 32.5. The molecule has 0 N–H and O–H groups in total. The van der Waals surface area contributed by atoms with Gasteiger partial charge in [-0.15, -0.1) is 5.10 Å². The number of nitrogens with zero attached hydrogens (tertiary/aromatic N) is 3. The van der Waals surface area contributed by atoms with Gasteiger partial charge < -0.3 is 0 Å². The van der Waals surface area contributed by atoms with E-state index in [1.807, 2.05) is 24.3 Å². The molecule has 1 aromatic heterocycles. The molecule has 0 amide bonds. The topological polar surface area (TPSA) is 30.7 Å². The molecule has 24 heavy (non-hydrogen) atoms. The fraction of sp³-hybridized carbons (Fsp3) is 0.467. The van der Waals surface area contributed by atoms with Crippen molar-refractivity contribution in [2.45, 2.75) is 39.2 Å². The van der Waals surface area contributed by atoms with Crippen molar-refractivity contribution in [2.24, 2.45) is 0 Å². The molecule has 1 aromatic carbocycles. The molecule has 0 bridgehead atoms. The summed E-state index contributed by atoms with van der Waals surface area (Å²) in [7, 11) is -9.35. The predicted molar refractivity (Wildman–Crippen MR) is 86.8 cm³/mol. The Hall–Kier alpha value is -1.64. The normalized spacial score (nSPS) is 15.8. The van der Waals surface area contributed by atoms with Gasteiger partial charge in [-0.2, -0.15) is 0 Å². The molecule has 0 aliphatic carbocycles. The fourth-order valence-corrected chi connectivity index (χ4v) is 2.85. The quantitative estimate of drug-likeness (QED) is 0.612. The molecule has 3 nitrogen and oxygen atoms in total. The molecule has 136 valence electrons. The average molecular weight is 369 g/mol. The van der Waals surface area contributed by atoms with Gasteiger partial charge in [0.1, 0.15) is 5.69 Å². The number of hydrogen-bond acceptors (Lipinski definition) is 2. The van der Waals surface area contributed by atoms with Crippen LogP contribution >= 0.6 is 10.2 Å². The minimum Gasteiger partial charge on any atom is -0.252 e. The van der Waals surface area contributed by atoms with Crippen LogP contribution in [0.3, 0.4) is 0 Å². The van der Waals surface area contributed by atoms with Gasteiger partial charge in [0.15, 0.2) is 0 Å². The monoisotopic (exact) mass is 369 g/mol. The van der Waals surface area contributed by atoms with Crippen LogP contribution in [0.25, 0.3) is 11.3 Å². The molecule has 0 unspecified atom stereocenters. The molecule has 0 atom stereocenters. The lowest BCUT2D eigenvalue weighted by molar-refractivity contribution is 0.359. The third-order valence-corrected chi connectivity index (χ3v) is 4.56. The first-order chi connectivity index (χ1) is 10.6. The third-order valence-electron chi connectivity index (χ3n) is 3.50. The lowest BCUT2D eigenvalue weighted by Crippen LogP contribution is -2.13. The van der Waals surface area contributed by atoms with Gasteiger partial charge >= 0.3 is 0 Å². The summed E-state index contributed by atoms with van der Waals surface area (Å²) in [5.41, 5.74) is 2.39. The lowest BCUT2D eigenvalue weighted by atomic mass is 9.86. The van der Waals surface area contributed by atoms with Gasteiger partial charge in [-0.3, -0.25) is 4.68 Å². The highest BCUT2D eigenvalue weighted by Crippen LogP contribution is 2.97. The molecule has 2 rings (SSSR count). The number of aromatic nitrogens is 3. The van der Waals surface area contributed by atoms with Crippen molar-refractivity contribution in [3.05, 3.63) is 36.0 Å². The summed E-state index contributed by atoms with van der Waals surface area (Å²) < 4.78 is 62.5. The Kier molecular flexibility index (Phi) is 4.03. The molecule has 0 aliphatic heterocycles. The second kappa shape index (κ2) is 5.18. The van der Waals surface area contributed by atoms with Gasteiger partial charge in [0.2, 0.25) is 0 Å². The first-order valence-electron chi connectivity index (χ1n) is 7.37. The van der Waals surface area contributed by atoms with Crippen LogP contribution in [0, 0.1) is 0 Å². The van der Waals surface area contributed by atoms with Gasteiger partial charge in [0.25, 0.3) is 10.2 Å². The predicted octanol–water partition coefficient (Wildman–Crippen LogP) is 5.93. The Morgan fingerprint density at radius 2 is 1.58 bits per heavy atom. The highest BCUT2D eigenvalue weighted by Gasteiger charge is 2.62. The van der Waals surface area contributed by atoms with E-state index in [-0.39, 0.29) is 12.0 Å². The third kappa shape index (κ3) is 5.77. The zero-order chi connectivity index (χ0) is 18.3. The molecular weight excluding hydrogens is 349 g/mol. The largest absolute Gasteiger partial charge is 0.285 e. The summed E-state index contributed by atoms with van der Waals surface area (Å²) in [5.74, 6) is -2.09. The SMILES string of the molecule is CC(C)(C)c1ccc(-c2cn(CCCS(F)(F)(F)(F)F)nn2)cc1. The van der Waals surface area contributed by atoms with Crippen LogP contribution in [0.4, 0.5) is 19.4 Å². The van der Waals surface area contributed by atoms with E-state index in [4.69, 9.17) is 0 Å². The van der Waals surface area contributed by atoms with Gasteiger partial charge in [0, 0.05) is 12.1 Å². The lowest BCUT2D eigenvalue weighted by Gasteiger charge is -2.40. The van der Waals surface area contributed by atoms with Crippen molar-refractivity contribution >= 4 is 10.2 Å². The zero-order valence-corrected chi connectivity index (χ0v) is 14.5. The van der Waals surface area contributed by atoms with Gasteiger partial charge in [-0.1, -0.05) is 69.7 Å². The fourth-order valence-electron chi connectivity index (χ4n) is 2.18. The average Bonchev–Trinajstić information content (AvgIpc) is 2.83. The smallest absolute Gasteiger partial charge is 0.252 e. The number of aryl methyl sites for hydroxylation is 1. The van der Waals surface area contributed by atoms with E-state index in [0.29, 0.717) is 5.69 Å². The van der Waals surface area contributed by atoms with Crippen molar-refractivity contribution in [1.29, 1.82) is 0 Å². The van der Waals surface area contributed by atoms with Crippen LogP contribution in [0.5, 0.6) is 0 Å². The van der Waals surface area contributed by atoms with E-state index >= 15 is 0 Å². The standard InChI is InChI=1S/C15H20F5N3S/c1-15(2,3)13-7-5-12(6-8-13)14-11-23(22-21-14)9-4-10-24(16,17,18,19)20/h5-8,11H,4,9-10H2,1-3H3. The molecule has 0 spiro atoms. The molecular formula is C15H20F5N3S. The summed E-state index contributed by atoms with van der Waals surface area (Å²) in [4.78, 5) is 0. The second-order valence-corrected chi connectivity index (χ2v) is 9.55. The van der Waals surface area contributed by atoms with Crippen LogP contribution < -0.4 is 0 Å². The van der Waals surface area contributed by atoms with Crippen LogP contribution in [-0.4, -0.2) is 20.7 Å². The maximum atomic E-state index is 12.3. The van der Waals surface area contributed by atoms with Crippen molar-refractivity contribution in [3.63, 3.8) is 0 Å². The van der Waals surface area contributed by atoms with Gasteiger partial charge in [0.05, 0.1) is 11.9 Å². The molecule has 0 aliphatic rings. The van der Waals surface area contributed by atoms with Crippen molar-refractivity contribution < 1.29 is 19.4 Å². The molecule has 9 heteroatoms. The summed E-state index contributed by atoms with van der Waals surface area (Å²) in [5, 5.41) is 7.58.